The third-order valence-electron chi connectivity index (χ3n) is 4.86. The van der Waals surface area contributed by atoms with E-state index < -0.39 is 10.0 Å². The van der Waals surface area contributed by atoms with Crippen LogP contribution in [0.1, 0.15) is 31.9 Å². The summed E-state index contributed by atoms with van der Waals surface area (Å²) in [7, 11) is -2.44. The first kappa shape index (κ1) is 20.9. The van der Waals surface area contributed by atoms with E-state index >= 15 is 0 Å². The molecule has 1 N–H and O–H groups in total. The summed E-state index contributed by atoms with van der Waals surface area (Å²) in [5.74, 6) is -0.372. The highest BCUT2D eigenvalue weighted by Crippen LogP contribution is 2.22. The molecule has 3 rings (SSSR count). The predicted octanol–water partition coefficient (Wildman–Crippen LogP) is 2.34. The number of hydrogen-bond acceptors (Lipinski definition) is 5. The second kappa shape index (κ2) is 8.71. The number of aromatic nitrogens is 3. The zero-order valence-corrected chi connectivity index (χ0v) is 17.6. The van der Waals surface area contributed by atoms with Gasteiger partial charge in [0.05, 0.1) is 23.0 Å². The average Bonchev–Trinajstić information content (AvgIpc) is 3.15. The molecule has 0 unspecified atom stereocenters. The molecule has 154 valence electrons. The van der Waals surface area contributed by atoms with Crippen LogP contribution in [-0.2, 0) is 21.4 Å². The number of carbonyl (C=O) groups is 1. The van der Waals surface area contributed by atoms with Crippen molar-refractivity contribution >= 4 is 27.0 Å². The number of hydrogen-bond donors (Lipinski definition) is 1. The summed E-state index contributed by atoms with van der Waals surface area (Å²) in [5, 5.41) is 11.0. The Morgan fingerprint density at radius 1 is 1.21 bits per heavy atom. The number of sulfonamides is 1. The van der Waals surface area contributed by atoms with Crippen molar-refractivity contribution in [1.29, 1.82) is 0 Å². The Balaban J connectivity index is 1.71. The highest BCUT2D eigenvalue weighted by atomic mass is 32.2. The van der Waals surface area contributed by atoms with E-state index in [9.17, 15) is 13.2 Å². The largest absolute Gasteiger partial charge is 0.351 e. The molecule has 0 fully saturated rings. The number of carbonyl (C=O) groups excluding carboxylic acids is 1. The molecular weight excluding hydrogens is 390 g/mol. The molecule has 1 heterocycles. The second-order valence-corrected chi connectivity index (χ2v) is 9.01. The van der Waals surface area contributed by atoms with Crippen molar-refractivity contribution in [2.45, 2.75) is 37.8 Å². The minimum Gasteiger partial charge on any atom is -0.351 e. The zero-order valence-electron chi connectivity index (χ0n) is 16.7. The highest BCUT2D eigenvalue weighted by molar-refractivity contribution is 7.89. The first-order valence-electron chi connectivity index (χ1n) is 9.45. The smallest absolute Gasteiger partial charge is 0.243 e. The highest BCUT2D eigenvalue weighted by Gasteiger charge is 2.24. The number of fused-ring (bicyclic) bond motifs is 1. The average molecular weight is 416 g/mol. The molecule has 0 aliphatic rings. The lowest BCUT2D eigenvalue weighted by molar-refractivity contribution is -0.121. The molecule has 0 saturated heterocycles. The van der Waals surface area contributed by atoms with Gasteiger partial charge >= 0.3 is 0 Å². The second-order valence-electron chi connectivity index (χ2n) is 6.97. The maximum absolute atomic E-state index is 12.9. The molecule has 2 aromatic carbocycles. The Labute approximate surface area is 170 Å². The van der Waals surface area contributed by atoms with E-state index in [4.69, 9.17) is 0 Å². The monoisotopic (exact) mass is 415 g/mol. The maximum Gasteiger partial charge on any atom is 0.243 e. The Morgan fingerprint density at radius 2 is 1.93 bits per heavy atom. The molecule has 0 saturated carbocycles. The Morgan fingerprint density at radius 3 is 2.62 bits per heavy atom. The van der Waals surface area contributed by atoms with Crippen molar-refractivity contribution in [2.24, 2.45) is 0 Å². The fourth-order valence-corrected chi connectivity index (χ4v) is 4.05. The van der Waals surface area contributed by atoms with Crippen molar-refractivity contribution in [3.05, 3.63) is 54.1 Å². The first-order valence-corrected chi connectivity index (χ1v) is 10.9. The van der Waals surface area contributed by atoms with Gasteiger partial charge in [0.25, 0.3) is 0 Å². The summed E-state index contributed by atoms with van der Waals surface area (Å²) in [6.45, 7) is 4.15. The van der Waals surface area contributed by atoms with Gasteiger partial charge in [-0.3, -0.25) is 4.79 Å². The van der Waals surface area contributed by atoms with Gasteiger partial charge in [0.2, 0.25) is 15.9 Å². The van der Waals surface area contributed by atoms with E-state index in [0.29, 0.717) is 12.1 Å². The van der Waals surface area contributed by atoms with E-state index in [-0.39, 0.29) is 23.4 Å². The van der Waals surface area contributed by atoms with Crippen LogP contribution < -0.4 is 5.32 Å². The van der Waals surface area contributed by atoms with Crippen LogP contribution in [0, 0.1) is 0 Å². The van der Waals surface area contributed by atoms with Crippen molar-refractivity contribution in [1.82, 2.24) is 24.6 Å². The minimum absolute atomic E-state index is 0.0829. The summed E-state index contributed by atoms with van der Waals surface area (Å²) in [4.78, 5) is 12.3. The Hall–Kier alpha value is -2.78. The van der Waals surface area contributed by atoms with Crippen LogP contribution in [0.15, 0.2) is 53.4 Å². The summed E-state index contributed by atoms with van der Waals surface area (Å²) in [5.41, 5.74) is 2.23. The summed E-state index contributed by atoms with van der Waals surface area (Å²) in [6.07, 6.45) is 0.888. The van der Waals surface area contributed by atoms with Gasteiger partial charge in [0.1, 0.15) is 5.52 Å². The number of rotatable bonds is 8. The van der Waals surface area contributed by atoms with Crippen LogP contribution >= 0.6 is 0 Å². The van der Waals surface area contributed by atoms with Crippen molar-refractivity contribution in [3.63, 3.8) is 0 Å². The van der Waals surface area contributed by atoms with E-state index in [0.717, 1.165) is 21.8 Å². The number of nitrogens with zero attached hydrogens (tertiary/aromatic N) is 4. The minimum atomic E-state index is -3.83. The molecule has 29 heavy (non-hydrogen) atoms. The molecule has 0 radical (unpaired) electrons. The number of likely N-dealkylation sites (N-methyl/N-ethyl adjacent to an activating group) is 1. The normalized spacial score (nSPS) is 13.0. The third-order valence-corrected chi connectivity index (χ3v) is 6.66. The molecule has 0 bridgehead atoms. The first-order chi connectivity index (χ1) is 13.8. The van der Waals surface area contributed by atoms with Gasteiger partial charge in [0.15, 0.2) is 0 Å². The quantitative estimate of drug-likeness (QED) is 0.609. The molecule has 1 amide bonds. The molecule has 1 aromatic heterocycles. The van der Waals surface area contributed by atoms with Gasteiger partial charge in [-0.1, -0.05) is 42.5 Å². The van der Waals surface area contributed by atoms with Crippen LogP contribution in [0.2, 0.25) is 0 Å². The zero-order chi connectivity index (χ0) is 21.0. The topological polar surface area (TPSA) is 97.2 Å². The van der Waals surface area contributed by atoms with E-state index in [2.05, 4.69) is 22.6 Å². The molecule has 0 aliphatic carbocycles. The maximum atomic E-state index is 12.9. The lowest BCUT2D eigenvalue weighted by Crippen LogP contribution is -2.38. The number of benzene rings is 2. The van der Waals surface area contributed by atoms with Crippen LogP contribution in [0.25, 0.3) is 11.0 Å². The Bertz CT molecular complexity index is 1100. The molecular formula is C20H25N5O3S. The lowest BCUT2D eigenvalue weighted by atomic mass is 10.2. The van der Waals surface area contributed by atoms with Gasteiger partial charge < -0.3 is 5.32 Å². The van der Waals surface area contributed by atoms with Gasteiger partial charge in [-0.05, 0) is 37.1 Å². The molecule has 0 spiro atoms. The van der Waals surface area contributed by atoms with Crippen molar-refractivity contribution < 1.29 is 13.2 Å². The molecule has 1 atom stereocenters. The van der Waals surface area contributed by atoms with Gasteiger partial charge in [-0.25, -0.2) is 13.1 Å². The van der Waals surface area contributed by atoms with Crippen LogP contribution in [-0.4, -0.2) is 47.2 Å². The van der Waals surface area contributed by atoms with E-state index in [1.807, 2.05) is 37.3 Å². The summed E-state index contributed by atoms with van der Waals surface area (Å²) in [6, 6.07) is 14.3. The molecule has 3 aromatic rings. The van der Waals surface area contributed by atoms with E-state index in [1.54, 1.807) is 10.7 Å². The fourth-order valence-electron chi connectivity index (χ4n) is 2.90. The number of amides is 1. The van der Waals surface area contributed by atoms with Gasteiger partial charge in [-0.15, -0.1) is 5.10 Å². The van der Waals surface area contributed by atoms with Gasteiger partial charge in [0, 0.05) is 13.6 Å². The Kier molecular flexibility index (Phi) is 6.29. The number of nitrogens with one attached hydrogen (secondary N) is 1. The SMILES string of the molecule is CC[C@@H](C)n1nnc2cc(S(=O)(=O)N(C)CC(=O)NCc3ccccc3)ccc21. The lowest BCUT2D eigenvalue weighted by Gasteiger charge is -2.17. The van der Waals surface area contributed by atoms with Crippen LogP contribution in [0.3, 0.4) is 0 Å². The van der Waals surface area contributed by atoms with E-state index in [1.165, 1.54) is 19.2 Å². The van der Waals surface area contributed by atoms with Gasteiger partial charge in [-0.2, -0.15) is 4.31 Å². The molecule has 0 aliphatic heterocycles. The van der Waals surface area contributed by atoms with Crippen LogP contribution in [0.4, 0.5) is 0 Å². The van der Waals surface area contributed by atoms with Crippen molar-refractivity contribution in [2.75, 3.05) is 13.6 Å². The summed E-state index contributed by atoms with van der Waals surface area (Å²) >= 11 is 0. The predicted molar refractivity (Wildman–Crippen MR) is 111 cm³/mol. The molecule has 9 heteroatoms. The third kappa shape index (κ3) is 4.63. The fraction of sp³-hybridized carbons (Fsp3) is 0.350. The molecule has 8 nitrogen and oxygen atoms in total. The summed E-state index contributed by atoms with van der Waals surface area (Å²) < 4.78 is 28.6. The van der Waals surface area contributed by atoms with Crippen molar-refractivity contribution in [3.8, 4) is 0 Å². The van der Waals surface area contributed by atoms with Crippen LogP contribution in [0.5, 0.6) is 0 Å². The standard InChI is InChI=1S/C20H25N5O3S/c1-4-15(2)25-19-11-10-17(12-18(19)22-23-25)29(27,28)24(3)14-20(26)21-13-16-8-6-5-7-9-16/h5-12,15H,4,13-14H2,1-3H3,(H,21,26)/t15-/m1/s1.